The predicted molar refractivity (Wildman–Crippen MR) is 99.3 cm³/mol. The van der Waals surface area contributed by atoms with Crippen molar-refractivity contribution in [2.45, 2.75) is 6.92 Å². The van der Waals surface area contributed by atoms with E-state index in [1.54, 1.807) is 12.3 Å². The quantitative estimate of drug-likeness (QED) is 0.550. The van der Waals surface area contributed by atoms with Crippen LogP contribution in [0.5, 0.6) is 0 Å². The van der Waals surface area contributed by atoms with Gasteiger partial charge in [0.2, 0.25) is 0 Å². The normalized spacial score (nSPS) is 10.3. The number of aromatic nitrogens is 4. The van der Waals surface area contributed by atoms with Gasteiger partial charge in [-0.15, -0.1) is 0 Å². The molecule has 3 aromatic heterocycles. The van der Waals surface area contributed by atoms with Crippen LogP contribution in [-0.4, -0.2) is 38.9 Å². The predicted octanol–water partition coefficient (Wildman–Crippen LogP) is 2.30. The lowest BCUT2D eigenvalue weighted by atomic mass is 10.2. The van der Waals surface area contributed by atoms with Gasteiger partial charge < -0.3 is 16.0 Å². The van der Waals surface area contributed by atoms with Gasteiger partial charge in [0, 0.05) is 31.5 Å². The van der Waals surface area contributed by atoms with Crippen LogP contribution in [0, 0.1) is 12.7 Å². The molecule has 0 spiro atoms. The highest BCUT2D eigenvalue weighted by Gasteiger charge is 2.10. The Labute approximate surface area is 155 Å². The molecular formula is C18H18FN7O. The standard InChI is InChI=1S/C18H18FN7O/c1-12-2-5-21-16(8-12)26-17-9-15(24-11-25-17)22-6-7-23-18(27)13-3-4-20-10-14(13)19/h2-5,8-11H,6-7H2,1H3,(H,23,27)(H2,21,22,24,25,26). The lowest BCUT2D eigenvalue weighted by Gasteiger charge is -2.09. The second-order valence-corrected chi connectivity index (χ2v) is 5.67. The molecule has 3 N–H and O–H groups in total. The van der Waals surface area contributed by atoms with Crippen LogP contribution in [0.3, 0.4) is 0 Å². The van der Waals surface area contributed by atoms with Crippen molar-refractivity contribution in [1.82, 2.24) is 25.3 Å². The molecule has 0 bridgehead atoms. The fourth-order valence-corrected chi connectivity index (χ4v) is 2.28. The van der Waals surface area contributed by atoms with E-state index in [9.17, 15) is 9.18 Å². The van der Waals surface area contributed by atoms with E-state index in [0.717, 1.165) is 11.8 Å². The van der Waals surface area contributed by atoms with Gasteiger partial charge in [0.25, 0.3) is 5.91 Å². The van der Waals surface area contributed by atoms with Crippen LogP contribution in [0.15, 0.2) is 49.2 Å². The van der Waals surface area contributed by atoms with Crippen molar-refractivity contribution in [3.63, 3.8) is 0 Å². The summed E-state index contributed by atoms with van der Waals surface area (Å²) in [4.78, 5) is 28.0. The number of hydrogen-bond donors (Lipinski definition) is 3. The average Bonchev–Trinajstić information content (AvgIpc) is 2.66. The van der Waals surface area contributed by atoms with Gasteiger partial charge in [0.1, 0.15) is 23.8 Å². The summed E-state index contributed by atoms with van der Waals surface area (Å²) in [6.45, 7) is 2.69. The van der Waals surface area contributed by atoms with Gasteiger partial charge >= 0.3 is 0 Å². The number of nitrogens with one attached hydrogen (secondary N) is 3. The molecule has 0 saturated carbocycles. The maximum Gasteiger partial charge on any atom is 0.254 e. The largest absolute Gasteiger partial charge is 0.368 e. The fraction of sp³-hybridized carbons (Fsp3) is 0.167. The summed E-state index contributed by atoms with van der Waals surface area (Å²) < 4.78 is 13.5. The van der Waals surface area contributed by atoms with Gasteiger partial charge in [0.05, 0.1) is 11.8 Å². The first-order chi connectivity index (χ1) is 13.1. The molecule has 3 rings (SSSR count). The monoisotopic (exact) mass is 367 g/mol. The Hall–Kier alpha value is -3.62. The molecule has 0 unspecified atom stereocenters. The molecule has 0 aliphatic carbocycles. The second-order valence-electron chi connectivity index (χ2n) is 5.67. The average molecular weight is 367 g/mol. The number of aryl methyl sites for hydroxylation is 1. The Morgan fingerprint density at radius 3 is 2.67 bits per heavy atom. The Morgan fingerprint density at radius 2 is 1.85 bits per heavy atom. The van der Waals surface area contributed by atoms with E-state index in [1.165, 1.54) is 18.6 Å². The number of carbonyl (C=O) groups excluding carboxylic acids is 1. The fourth-order valence-electron chi connectivity index (χ4n) is 2.28. The van der Waals surface area contributed by atoms with E-state index in [0.29, 0.717) is 30.5 Å². The number of rotatable bonds is 7. The SMILES string of the molecule is Cc1ccnc(Nc2cc(NCCNC(=O)c3ccncc3F)ncn2)c1. The first kappa shape index (κ1) is 18.2. The number of pyridine rings is 2. The van der Waals surface area contributed by atoms with Crippen LogP contribution < -0.4 is 16.0 Å². The van der Waals surface area contributed by atoms with Crippen molar-refractivity contribution >= 4 is 23.4 Å². The van der Waals surface area contributed by atoms with E-state index >= 15 is 0 Å². The van der Waals surface area contributed by atoms with E-state index < -0.39 is 11.7 Å². The topological polar surface area (TPSA) is 105 Å². The summed E-state index contributed by atoms with van der Waals surface area (Å²) in [5.74, 6) is 0.718. The molecule has 27 heavy (non-hydrogen) atoms. The molecule has 0 aliphatic rings. The van der Waals surface area contributed by atoms with Gasteiger partial charge in [-0.3, -0.25) is 9.78 Å². The molecule has 3 aromatic rings. The highest BCUT2D eigenvalue weighted by atomic mass is 19.1. The minimum atomic E-state index is -0.653. The number of carbonyl (C=O) groups is 1. The van der Waals surface area contributed by atoms with E-state index in [1.807, 2.05) is 19.1 Å². The third-order valence-corrected chi connectivity index (χ3v) is 3.57. The summed E-state index contributed by atoms with van der Waals surface area (Å²) in [5.41, 5.74) is 1.05. The first-order valence-corrected chi connectivity index (χ1v) is 8.25. The molecule has 9 heteroatoms. The Balaban J connectivity index is 1.50. The van der Waals surface area contributed by atoms with Gasteiger partial charge in [-0.05, 0) is 30.7 Å². The zero-order valence-corrected chi connectivity index (χ0v) is 14.6. The second kappa shape index (κ2) is 8.65. The highest BCUT2D eigenvalue weighted by Crippen LogP contribution is 2.14. The number of anilines is 3. The Morgan fingerprint density at radius 1 is 1.04 bits per heavy atom. The van der Waals surface area contributed by atoms with Gasteiger partial charge in [-0.1, -0.05) is 0 Å². The summed E-state index contributed by atoms with van der Waals surface area (Å²) in [5, 5.41) is 8.81. The molecule has 0 radical (unpaired) electrons. The van der Waals surface area contributed by atoms with Gasteiger partial charge in [-0.2, -0.15) is 0 Å². The molecule has 138 valence electrons. The lowest BCUT2D eigenvalue weighted by Crippen LogP contribution is -2.29. The molecule has 0 aliphatic heterocycles. The van der Waals surface area contributed by atoms with Crippen molar-refractivity contribution in [2.24, 2.45) is 0 Å². The maximum atomic E-state index is 13.5. The van der Waals surface area contributed by atoms with Crippen LogP contribution >= 0.6 is 0 Å². The smallest absolute Gasteiger partial charge is 0.254 e. The maximum absolute atomic E-state index is 13.5. The highest BCUT2D eigenvalue weighted by molar-refractivity contribution is 5.94. The molecular weight excluding hydrogens is 349 g/mol. The third-order valence-electron chi connectivity index (χ3n) is 3.57. The van der Waals surface area contributed by atoms with Crippen LogP contribution in [-0.2, 0) is 0 Å². The summed E-state index contributed by atoms with van der Waals surface area (Å²) in [6, 6.07) is 6.88. The third kappa shape index (κ3) is 5.18. The Kier molecular flexibility index (Phi) is 5.83. The zero-order valence-electron chi connectivity index (χ0n) is 14.6. The van der Waals surface area contributed by atoms with Crippen molar-refractivity contribution in [3.05, 3.63) is 66.1 Å². The van der Waals surface area contributed by atoms with E-state index in [4.69, 9.17) is 0 Å². The molecule has 0 aromatic carbocycles. The molecule has 0 atom stereocenters. The van der Waals surface area contributed by atoms with Crippen molar-refractivity contribution in [2.75, 3.05) is 23.7 Å². The van der Waals surface area contributed by atoms with Crippen LogP contribution in [0.1, 0.15) is 15.9 Å². The lowest BCUT2D eigenvalue weighted by molar-refractivity contribution is 0.0951. The van der Waals surface area contributed by atoms with Gasteiger partial charge in [-0.25, -0.2) is 19.3 Å². The van der Waals surface area contributed by atoms with Crippen molar-refractivity contribution < 1.29 is 9.18 Å². The molecule has 1 amide bonds. The van der Waals surface area contributed by atoms with Crippen molar-refractivity contribution in [3.8, 4) is 0 Å². The van der Waals surface area contributed by atoms with E-state index in [2.05, 4.69) is 35.9 Å². The molecule has 3 heterocycles. The number of nitrogens with zero attached hydrogens (tertiary/aromatic N) is 4. The van der Waals surface area contributed by atoms with Crippen LogP contribution in [0.4, 0.5) is 21.8 Å². The molecule has 0 saturated heterocycles. The van der Waals surface area contributed by atoms with Crippen molar-refractivity contribution in [1.29, 1.82) is 0 Å². The van der Waals surface area contributed by atoms with Gasteiger partial charge in [0.15, 0.2) is 5.82 Å². The summed E-state index contributed by atoms with van der Waals surface area (Å²) >= 11 is 0. The van der Waals surface area contributed by atoms with Crippen LogP contribution in [0.25, 0.3) is 0 Å². The minimum absolute atomic E-state index is 0.0378. The summed E-state index contributed by atoms with van der Waals surface area (Å²) in [6.07, 6.45) is 5.51. The summed E-state index contributed by atoms with van der Waals surface area (Å²) in [7, 11) is 0. The minimum Gasteiger partial charge on any atom is -0.368 e. The Bertz CT molecular complexity index is 935. The number of hydrogen-bond acceptors (Lipinski definition) is 7. The molecule has 0 fully saturated rings. The number of halogens is 1. The van der Waals surface area contributed by atoms with E-state index in [-0.39, 0.29) is 5.56 Å². The zero-order chi connectivity index (χ0) is 19.1. The molecule has 8 nitrogen and oxygen atoms in total. The first-order valence-electron chi connectivity index (χ1n) is 8.25. The van der Waals surface area contributed by atoms with Crippen LogP contribution in [0.2, 0.25) is 0 Å². The number of amides is 1.